The fourth-order valence-electron chi connectivity index (χ4n) is 5.13. The topological polar surface area (TPSA) is 93.6 Å². The Morgan fingerprint density at radius 2 is 1.74 bits per heavy atom. The highest BCUT2D eigenvalue weighted by Crippen LogP contribution is 2.37. The van der Waals surface area contributed by atoms with Crippen LogP contribution in [0.2, 0.25) is 0 Å². The Balaban J connectivity index is 1.30. The van der Waals surface area contributed by atoms with Crippen LogP contribution in [0.25, 0.3) is 32.3 Å². The van der Waals surface area contributed by atoms with Gasteiger partial charge in [-0.05, 0) is 44.8 Å². The number of hydrogen-bond acceptors (Lipinski definition) is 5. The van der Waals surface area contributed by atoms with Crippen LogP contribution in [0.1, 0.15) is 23.8 Å². The van der Waals surface area contributed by atoms with Gasteiger partial charge in [-0.25, -0.2) is 4.79 Å². The number of nitrogens with zero attached hydrogens (tertiary/aromatic N) is 1. The smallest absolute Gasteiger partial charge is 0.330 e. The van der Waals surface area contributed by atoms with E-state index >= 15 is 0 Å². The van der Waals surface area contributed by atoms with Gasteiger partial charge in [0.15, 0.2) is 0 Å². The minimum absolute atomic E-state index is 0.225. The molecular formula is C27H24N2O5. The highest BCUT2D eigenvalue weighted by atomic mass is 16.6. The summed E-state index contributed by atoms with van der Waals surface area (Å²) >= 11 is 0. The third kappa shape index (κ3) is 3.32. The van der Waals surface area contributed by atoms with Crippen LogP contribution < -0.4 is 11.2 Å². The molecule has 0 saturated carbocycles. The third-order valence-electron chi connectivity index (χ3n) is 6.89. The van der Waals surface area contributed by atoms with Crippen molar-refractivity contribution in [2.75, 3.05) is 6.61 Å². The van der Waals surface area contributed by atoms with Crippen molar-refractivity contribution in [1.82, 2.24) is 9.55 Å². The molecule has 0 spiro atoms. The number of aliphatic hydroxyl groups excluding tert-OH is 1. The SMILES string of the molecule is Cc1cn([C@H]2C[C@H](OCc3ccc4ccc5cccc6ccc3c4c56)[C@@H](CO)O2)c(=O)[nH]c1=O. The average Bonchev–Trinajstić information content (AvgIpc) is 3.27. The van der Waals surface area contributed by atoms with E-state index in [1.807, 2.05) is 0 Å². The van der Waals surface area contributed by atoms with Gasteiger partial charge in [-0.2, -0.15) is 0 Å². The van der Waals surface area contributed by atoms with Crippen LogP contribution >= 0.6 is 0 Å². The zero-order chi connectivity index (χ0) is 23.4. The summed E-state index contributed by atoms with van der Waals surface area (Å²) in [6.07, 6.45) is 0.301. The van der Waals surface area contributed by atoms with Gasteiger partial charge < -0.3 is 14.6 Å². The largest absolute Gasteiger partial charge is 0.394 e. The normalized spacial score (nSPS) is 20.7. The molecule has 2 heterocycles. The van der Waals surface area contributed by atoms with Crippen LogP contribution in [0, 0.1) is 6.92 Å². The molecule has 0 aliphatic carbocycles. The maximum atomic E-state index is 12.3. The van der Waals surface area contributed by atoms with Crippen molar-refractivity contribution in [3.05, 3.63) is 92.8 Å². The molecule has 7 heteroatoms. The van der Waals surface area contributed by atoms with E-state index in [1.54, 1.807) is 6.92 Å². The number of ether oxygens (including phenoxy) is 2. The average molecular weight is 456 g/mol. The van der Waals surface area contributed by atoms with Crippen molar-refractivity contribution < 1.29 is 14.6 Å². The second-order valence-electron chi connectivity index (χ2n) is 8.96. The summed E-state index contributed by atoms with van der Waals surface area (Å²) < 4.78 is 13.5. The zero-order valence-corrected chi connectivity index (χ0v) is 18.7. The van der Waals surface area contributed by atoms with Crippen molar-refractivity contribution in [3.63, 3.8) is 0 Å². The Morgan fingerprint density at radius 3 is 2.50 bits per heavy atom. The molecule has 0 radical (unpaired) electrons. The second-order valence-corrected chi connectivity index (χ2v) is 8.96. The van der Waals surface area contributed by atoms with E-state index < -0.39 is 29.7 Å². The van der Waals surface area contributed by atoms with E-state index in [1.165, 1.54) is 37.7 Å². The molecule has 5 aromatic rings. The molecule has 7 nitrogen and oxygen atoms in total. The van der Waals surface area contributed by atoms with Crippen molar-refractivity contribution in [3.8, 4) is 0 Å². The zero-order valence-electron chi connectivity index (χ0n) is 18.7. The molecule has 1 fully saturated rings. The van der Waals surface area contributed by atoms with Crippen LogP contribution in [0.4, 0.5) is 0 Å². The lowest BCUT2D eigenvalue weighted by Gasteiger charge is -2.18. The third-order valence-corrected chi connectivity index (χ3v) is 6.89. The van der Waals surface area contributed by atoms with Gasteiger partial charge in [0.2, 0.25) is 0 Å². The molecule has 0 amide bonds. The van der Waals surface area contributed by atoms with Gasteiger partial charge in [-0.15, -0.1) is 0 Å². The monoisotopic (exact) mass is 456 g/mol. The number of aryl methyl sites for hydroxylation is 1. The summed E-state index contributed by atoms with van der Waals surface area (Å²) in [6, 6.07) is 19.1. The number of aliphatic hydroxyl groups is 1. The van der Waals surface area contributed by atoms with E-state index in [-0.39, 0.29) is 6.61 Å². The summed E-state index contributed by atoms with van der Waals surface area (Å²) in [5, 5.41) is 17.1. The summed E-state index contributed by atoms with van der Waals surface area (Å²) in [5.74, 6) is 0. The van der Waals surface area contributed by atoms with Gasteiger partial charge >= 0.3 is 5.69 Å². The Bertz CT molecular complexity index is 1620. The first-order valence-electron chi connectivity index (χ1n) is 11.4. The minimum Gasteiger partial charge on any atom is -0.394 e. The summed E-state index contributed by atoms with van der Waals surface area (Å²) in [5.41, 5.74) is 0.522. The van der Waals surface area contributed by atoms with Crippen LogP contribution in [0.15, 0.2) is 70.4 Å². The molecule has 2 N–H and O–H groups in total. The number of aromatic amines is 1. The van der Waals surface area contributed by atoms with Crippen LogP contribution in [0.5, 0.6) is 0 Å². The molecule has 4 aromatic carbocycles. The van der Waals surface area contributed by atoms with E-state index in [0.717, 1.165) is 10.9 Å². The lowest BCUT2D eigenvalue weighted by molar-refractivity contribution is -0.0656. The fourth-order valence-corrected chi connectivity index (χ4v) is 5.13. The van der Waals surface area contributed by atoms with Crippen LogP contribution in [0.3, 0.4) is 0 Å². The first-order valence-corrected chi connectivity index (χ1v) is 11.4. The molecule has 172 valence electrons. The molecule has 0 unspecified atom stereocenters. The molecule has 1 aliphatic heterocycles. The standard InChI is InChI=1S/C27H24N2O5/c1-15-12-29(27(32)28-26(15)31)23-11-21(22(13-30)34-23)33-14-19-8-7-18-6-5-16-3-2-4-17-9-10-20(19)25(18)24(16)17/h2-10,12,21-23,30H,11,13-14H2,1H3,(H,28,31,32)/t21-,22+,23+/m0/s1. The predicted octanol–water partition coefficient (Wildman–Crippen LogP) is 3.61. The van der Waals surface area contributed by atoms with E-state index in [4.69, 9.17) is 9.47 Å². The molecule has 3 atom stereocenters. The van der Waals surface area contributed by atoms with E-state index in [2.05, 4.69) is 59.6 Å². The number of H-pyrrole nitrogens is 1. The van der Waals surface area contributed by atoms with Gasteiger partial charge in [0.05, 0.1) is 19.3 Å². The number of rotatable bonds is 5. The van der Waals surface area contributed by atoms with Crippen molar-refractivity contribution >= 4 is 32.3 Å². The quantitative estimate of drug-likeness (QED) is 0.394. The highest BCUT2D eigenvalue weighted by molar-refractivity contribution is 6.23. The summed E-state index contributed by atoms with van der Waals surface area (Å²) in [6.45, 7) is 1.76. The molecule has 0 bridgehead atoms. The van der Waals surface area contributed by atoms with Gasteiger partial charge in [0.25, 0.3) is 5.56 Å². The lowest BCUT2D eigenvalue weighted by atomic mass is 9.92. The summed E-state index contributed by atoms with van der Waals surface area (Å²) in [7, 11) is 0. The Morgan fingerprint density at radius 1 is 1.03 bits per heavy atom. The van der Waals surface area contributed by atoms with Crippen LogP contribution in [-0.2, 0) is 16.1 Å². The Hall–Kier alpha value is -3.52. The number of hydrogen-bond donors (Lipinski definition) is 2. The van der Waals surface area contributed by atoms with E-state index in [9.17, 15) is 14.7 Å². The minimum atomic E-state index is -0.619. The first kappa shape index (κ1) is 21.0. The maximum Gasteiger partial charge on any atom is 0.330 e. The summed E-state index contributed by atoms with van der Waals surface area (Å²) in [4.78, 5) is 26.3. The maximum absolute atomic E-state index is 12.3. The van der Waals surface area contributed by atoms with Crippen LogP contribution in [-0.4, -0.2) is 33.5 Å². The predicted molar refractivity (Wildman–Crippen MR) is 130 cm³/mol. The first-order chi connectivity index (χ1) is 16.5. The Kier molecular flexibility index (Phi) is 4.99. The molecule has 6 rings (SSSR count). The van der Waals surface area contributed by atoms with Crippen molar-refractivity contribution in [2.45, 2.75) is 38.4 Å². The molecule has 34 heavy (non-hydrogen) atoms. The highest BCUT2D eigenvalue weighted by Gasteiger charge is 2.37. The molecular weight excluding hydrogens is 432 g/mol. The number of nitrogens with one attached hydrogen (secondary N) is 1. The number of benzene rings is 4. The van der Waals surface area contributed by atoms with Gasteiger partial charge in [-0.3, -0.25) is 14.3 Å². The molecule has 1 aromatic heterocycles. The fraction of sp³-hybridized carbons (Fsp3) is 0.259. The van der Waals surface area contributed by atoms with Gasteiger partial charge in [-0.1, -0.05) is 54.6 Å². The molecule has 1 saturated heterocycles. The van der Waals surface area contributed by atoms with Crippen molar-refractivity contribution in [2.24, 2.45) is 0 Å². The molecule has 1 aliphatic rings. The second kappa shape index (κ2) is 8.06. The lowest BCUT2D eigenvalue weighted by Crippen LogP contribution is -2.33. The van der Waals surface area contributed by atoms with Crippen molar-refractivity contribution in [1.29, 1.82) is 0 Å². The number of aromatic nitrogens is 2. The van der Waals surface area contributed by atoms with Gasteiger partial charge in [0.1, 0.15) is 12.3 Å². The van der Waals surface area contributed by atoms with E-state index in [0.29, 0.717) is 18.6 Å². The Labute approximate surface area is 194 Å². The van der Waals surface area contributed by atoms with Gasteiger partial charge in [0, 0.05) is 18.2 Å².